The molecule has 3 rings (SSSR count). The number of hydrogen-bond acceptors (Lipinski definition) is 9. The molecule has 0 aromatic heterocycles. The highest BCUT2D eigenvalue weighted by Gasteiger charge is 2.41. The van der Waals surface area contributed by atoms with Crippen LogP contribution in [0.15, 0.2) is 36.1 Å². The second kappa shape index (κ2) is 11.8. The summed E-state index contributed by atoms with van der Waals surface area (Å²) in [4.78, 5) is 34.3. The number of ether oxygens (including phenoxy) is 3. The third-order valence-electron chi connectivity index (χ3n) is 5.64. The van der Waals surface area contributed by atoms with Crippen LogP contribution in [0.2, 0.25) is 0 Å². The number of carbonyl (C=O) groups is 2. The van der Waals surface area contributed by atoms with Crippen molar-refractivity contribution in [1.29, 1.82) is 0 Å². The number of aliphatic hydroxyl groups is 1. The van der Waals surface area contributed by atoms with E-state index in [2.05, 4.69) is 10.6 Å². The van der Waals surface area contributed by atoms with Gasteiger partial charge in [0.15, 0.2) is 6.29 Å². The van der Waals surface area contributed by atoms with Crippen molar-refractivity contribution in [2.45, 2.75) is 69.8 Å². The number of nitro benzene ring substituents is 1. The van der Waals surface area contributed by atoms with Crippen LogP contribution in [-0.2, 0) is 25.6 Å². The normalized spacial score (nSPS) is 26.6. The van der Waals surface area contributed by atoms with E-state index in [9.17, 15) is 24.8 Å². The number of rotatable bonds is 8. The number of alkyl carbamates (subject to hydrolysis) is 1. The van der Waals surface area contributed by atoms with Crippen molar-refractivity contribution in [2.24, 2.45) is 5.73 Å². The van der Waals surface area contributed by atoms with Crippen LogP contribution in [0.1, 0.15) is 38.2 Å². The highest BCUT2D eigenvalue weighted by molar-refractivity contribution is 5.73. The van der Waals surface area contributed by atoms with Gasteiger partial charge in [-0.1, -0.05) is 0 Å². The quantitative estimate of drug-likeness (QED) is 0.316. The molecule has 186 valence electrons. The van der Waals surface area contributed by atoms with Crippen LogP contribution >= 0.6 is 0 Å². The number of aliphatic hydroxyl groups excluding tert-OH is 1. The van der Waals surface area contributed by atoms with E-state index >= 15 is 0 Å². The van der Waals surface area contributed by atoms with E-state index in [1.807, 2.05) is 6.08 Å². The molecule has 12 heteroatoms. The Kier molecular flexibility index (Phi) is 8.79. The molecule has 0 saturated heterocycles. The predicted octanol–water partition coefficient (Wildman–Crippen LogP) is 1.21. The van der Waals surface area contributed by atoms with Gasteiger partial charge in [0.2, 0.25) is 5.91 Å². The minimum absolute atomic E-state index is 0.0639. The Morgan fingerprint density at radius 3 is 2.65 bits per heavy atom. The smallest absolute Gasteiger partial charge is 0.407 e. The third-order valence-corrected chi connectivity index (χ3v) is 5.64. The summed E-state index contributed by atoms with van der Waals surface area (Å²) in [6.45, 7) is 1.51. The number of nitrogens with zero attached hydrogens (tertiary/aromatic N) is 1. The monoisotopic (exact) mass is 478 g/mol. The van der Waals surface area contributed by atoms with Crippen molar-refractivity contribution in [3.05, 3.63) is 51.8 Å². The minimum atomic E-state index is -0.971. The SMILES string of the molecule is CC(=O)N[C@H]1C[C@@H](O)[C@H](O[C@@H]2CCC=C(CN)O2)[C@@H](NC(=O)OCc2ccc([N+](=O)[O-])cc2)C1. The van der Waals surface area contributed by atoms with Gasteiger partial charge < -0.3 is 35.7 Å². The lowest BCUT2D eigenvalue weighted by Crippen LogP contribution is -2.59. The van der Waals surface area contributed by atoms with E-state index in [0.717, 1.165) is 0 Å². The zero-order valence-corrected chi connectivity index (χ0v) is 18.8. The van der Waals surface area contributed by atoms with Gasteiger partial charge in [-0.25, -0.2) is 4.79 Å². The molecule has 0 bridgehead atoms. The van der Waals surface area contributed by atoms with Gasteiger partial charge in [0.05, 0.1) is 23.6 Å². The lowest BCUT2D eigenvalue weighted by Gasteiger charge is -2.41. The Labute approximate surface area is 196 Å². The van der Waals surface area contributed by atoms with Crippen LogP contribution in [0, 0.1) is 10.1 Å². The Hall–Kier alpha value is -3.22. The number of benzene rings is 1. The second-order valence-electron chi connectivity index (χ2n) is 8.29. The molecule has 0 radical (unpaired) electrons. The van der Waals surface area contributed by atoms with Crippen molar-refractivity contribution in [3.8, 4) is 0 Å². The van der Waals surface area contributed by atoms with Crippen molar-refractivity contribution in [3.63, 3.8) is 0 Å². The number of allylic oxidation sites excluding steroid dienone is 1. The molecular weight excluding hydrogens is 448 g/mol. The van der Waals surface area contributed by atoms with E-state index in [4.69, 9.17) is 19.9 Å². The van der Waals surface area contributed by atoms with Crippen LogP contribution in [0.4, 0.5) is 10.5 Å². The van der Waals surface area contributed by atoms with E-state index in [1.54, 1.807) is 0 Å². The number of hydrogen-bond donors (Lipinski definition) is 4. The van der Waals surface area contributed by atoms with Gasteiger partial charge in [-0.05, 0) is 43.0 Å². The fourth-order valence-corrected chi connectivity index (χ4v) is 4.08. The molecule has 12 nitrogen and oxygen atoms in total. The van der Waals surface area contributed by atoms with Crippen molar-refractivity contribution >= 4 is 17.7 Å². The van der Waals surface area contributed by atoms with Gasteiger partial charge in [-0.2, -0.15) is 0 Å². The van der Waals surface area contributed by atoms with Gasteiger partial charge in [-0.3, -0.25) is 14.9 Å². The molecule has 1 aromatic rings. The first-order valence-corrected chi connectivity index (χ1v) is 11.1. The average molecular weight is 479 g/mol. The molecule has 34 heavy (non-hydrogen) atoms. The Morgan fingerprint density at radius 1 is 1.26 bits per heavy atom. The lowest BCUT2D eigenvalue weighted by molar-refractivity contribution is -0.384. The molecule has 1 fully saturated rings. The molecule has 5 atom stereocenters. The van der Waals surface area contributed by atoms with Crippen molar-refractivity contribution in [2.75, 3.05) is 6.54 Å². The van der Waals surface area contributed by atoms with Crippen LogP contribution in [0.5, 0.6) is 0 Å². The summed E-state index contributed by atoms with van der Waals surface area (Å²) < 4.78 is 17.0. The predicted molar refractivity (Wildman–Crippen MR) is 119 cm³/mol. The van der Waals surface area contributed by atoms with E-state index in [0.29, 0.717) is 30.6 Å². The van der Waals surface area contributed by atoms with Crippen molar-refractivity contribution in [1.82, 2.24) is 10.6 Å². The van der Waals surface area contributed by atoms with Gasteiger partial charge in [0.25, 0.3) is 5.69 Å². The largest absolute Gasteiger partial charge is 0.468 e. The summed E-state index contributed by atoms with van der Waals surface area (Å²) in [5, 5.41) is 27.0. The Bertz CT molecular complexity index is 907. The number of nitro groups is 1. The molecule has 1 aliphatic carbocycles. The lowest BCUT2D eigenvalue weighted by atomic mass is 9.86. The molecule has 1 saturated carbocycles. The molecule has 1 heterocycles. The molecule has 0 unspecified atom stereocenters. The van der Waals surface area contributed by atoms with Crippen molar-refractivity contribution < 1.29 is 33.8 Å². The summed E-state index contributed by atoms with van der Waals surface area (Å²) in [5.41, 5.74) is 6.15. The summed E-state index contributed by atoms with van der Waals surface area (Å²) in [7, 11) is 0. The Balaban J connectivity index is 1.63. The third kappa shape index (κ3) is 7.14. The minimum Gasteiger partial charge on any atom is -0.468 e. The summed E-state index contributed by atoms with van der Waals surface area (Å²) >= 11 is 0. The van der Waals surface area contributed by atoms with Crippen LogP contribution in [0.25, 0.3) is 0 Å². The van der Waals surface area contributed by atoms with Gasteiger partial charge in [0, 0.05) is 31.5 Å². The summed E-state index contributed by atoms with van der Waals surface area (Å²) in [5.74, 6) is 0.356. The van der Waals surface area contributed by atoms with E-state index in [1.165, 1.54) is 31.2 Å². The molecule has 2 amide bonds. The Morgan fingerprint density at radius 2 is 2.00 bits per heavy atom. The molecule has 0 spiro atoms. The van der Waals surface area contributed by atoms with Crippen LogP contribution in [0.3, 0.4) is 0 Å². The number of carbonyl (C=O) groups excluding carboxylic acids is 2. The van der Waals surface area contributed by atoms with Gasteiger partial charge in [0.1, 0.15) is 18.5 Å². The maximum atomic E-state index is 12.5. The molecule has 1 aliphatic heterocycles. The average Bonchev–Trinajstić information content (AvgIpc) is 2.80. The van der Waals surface area contributed by atoms with E-state index < -0.39 is 35.6 Å². The molecular formula is C22H30N4O8. The maximum Gasteiger partial charge on any atom is 0.407 e. The highest BCUT2D eigenvalue weighted by Crippen LogP contribution is 2.27. The van der Waals surface area contributed by atoms with Gasteiger partial charge >= 0.3 is 6.09 Å². The van der Waals surface area contributed by atoms with Crippen LogP contribution in [-0.4, -0.2) is 59.2 Å². The summed E-state index contributed by atoms with van der Waals surface area (Å²) in [6, 6.07) is 4.61. The van der Waals surface area contributed by atoms with E-state index in [-0.39, 0.29) is 37.2 Å². The molecule has 2 aliphatic rings. The number of amides is 2. The maximum absolute atomic E-state index is 12.5. The van der Waals surface area contributed by atoms with Crippen LogP contribution < -0.4 is 16.4 Å². The first-order valence-electron chi connectivity index (χ1n) is 11.1. The first kappa shape index (κ1) is 25.4. The van der Waals surface area contributed by atoms with Gasteiger partial charge in [-0.15, -0.1) is 0 Å². The molecule has 1 aromatic carbocycles. The fourth-order valence-electron chi connectivity index (χ4n) is 4.08. The fraction of sp³-hybridized carbons (Fsp3) is 0.545. The first-order chi connectivity index (χ1) is 16.2. The summed E-state index contributed by atoms with van der Waals surface area (Å²) in [6.07, 6.45) is 0.603. The second-order valence-corrected chi connectivity index (χ2v) is 8.29. The number of nitrogens with one attached hydrogen (secondary N) is 2. The zero-order valence-electron chi connectivity index (χ0n) is 18.8. The highest BCUT2D eigenvalue weighted by atomic mass is 16.7. The number of non-ortho nitro benzene ring substituents is 1. The standard InChI is InChI=1S/C22H30N4O8/c1-13(27)24-15-9-18(21(19(28)10-15)34-20-4-2-3-17(11-23)33-20)25-22(29)32-12-14-5-7-16(8-6-14)26(30)31/h3,5-8,15,18-21,28H,2,4,9-12,23H2,1H3,(H,24,27)(H,25,29)/t15-,18+,19-,20-,21-/m1/s1. The molecule has 5 N–H and O–H groups in total. The topological polar surface area (TPSA) is 175 Å². The zero-order chi connectivity index (χ0) is 24.7. The number of nitrogens with two attached hydrogens (primary N) is 1.